The average Bonchev–Trinajstić information content (AvgIpc) is 3.06. The highest BCUT2D eigenvalue weighted by atomic mass is 32.1. The van der Waals surface area contributed by atoms with Crippen molar-refractivity contribution in [1.29, 1.82) is 5.26 Å². The maximum atomic E-state index is 12.1. The van der Waals surface area contributed by atoms with E-state index < -0.39 is 5.91 Å². The van der Waals surface area contributed by atoms with Gasteiger partial charge in [-0.25, -0.2) is 4.98 Å². The number of carbonyl (C=O) groups excluding carboxylic acids is 1. The molecule has 0 fully saturated rings. The van der Waals surface area contributed by atoms with E-state index in [2.05, 4.69) is 24.1 Å². The number of rotatable bonds is 7. The first-order valence-electron chi connectivity index (χ1n) is 7.64. The number of hydrogen-bond acceptors (Lipinski definition) is 5. The van der Waals surface area contributed by atoms with Gasteiger partial charge in [-0.1, -0.05) is 26.0 Å². The molecule has 2 rings (SSSR count). The molecule has 0 aliphatic rings. The van der Waals surface area contributed by atoms with Crippen molar-refractivity contribution >= 4 is 28.5 Å². The fourth-order valence-electron chi connectivity index (χ4n) is 1.84. The van der Waals surface area contributed by atoms with Gasteiger partial charge in [-0.2, -0.15) is 5.26 Å². The highest BCUT2D eigenvalue weighted by Crippen LogP contribution is 2.17. The summed E-state index contributed by atoms with van der Waals surface area (Å²) in [6.45, 7) is 4.97. The van der Waals surface area contributed by atoms with Crippen LogP contribution in [0.3, 0.4) is 0 Å². The van der Waals surface area contributed by atoms with Crippen LogP contribution in [0, 0.1) is 17.2 Å². The molecule has 0 aliphatic heterocycles. The molecule has 5 nitrogen and oxygen atoms in total. The van der Waals surface area contributed by atoms with Crippen LogP contribution < -0.4 is 10.1 Å². The first kappa shape index (κ1) is 17.7. The van der Waals surface area contributed by atoms with Crippen molar-refractivity contribution in [1.82, 2.24) is 4.98 Å². The largest absolute Gasteiger partial charge is 0.494 e. The summed E-state index contributed by atoms with van der Waals surface area (Å²) >= 11 is 1.30. The Labute approximate surface area is 145 Å². The number of thiazole rings is 1. The van der Waals surface area contributed by atoms with Crippen molar-refractivity contribution in [3.8, 4) is 11.8 Å². The Bertz CT molecular complexity index is 729. The van der Waals surface area contributed by atoms with Crippen LogP contribution in [0.2, 0.25) is 0 Å². The second-order valence-electron chi connectivity index (χ2n) is 5.56. The third kappa shape index (κ3) is 5.52. The van der Waals surface area contributed by atoms with Crippen molar-refractivity contribution in [2.45, 2.75) is 20.3 Å². The van der Waals surface area contributed by atoms with Gasteiger partial charge in [0, 0.05) is 11.6 Å². The van der Waals surface area contributed by atoms with Crippen LogP contribution in [0.5, 0.6) is 5.75 Å². The molecular formula is C18H19N3O2S. The summed E-state index contributed by atoms with van der Waals surface area (Å²) in [6, 6.07) is 9.22. The van der Waals surface area contributed by atoms with Crippen molar-refractivity contribution in [2.24, 2.45) is 5.92 Å². The quantitative estimate of drug-likeness (QED) is 0.607. The SMILES string of the molecule is CC(C)CCOc1ccc(C=C(C#N)C(=O)Nc2nccs2)cc1. The number of carbonyl (C=O) groups is 1. The van der Waals surface area contributed by atoms with Gasteiger partial charge < -0.3 is 4.74 Å². The van der Waals surface area contributed by atoms with Crippen LogP contribution in [-0.4, -0.2) is 17.5 Å². The number of hydrogen-bond donors (Lipinski definition) is 1. The van der Waals surface area contributed by atoms with E-state index in [0.29, 0.717) is 17.7 Å². The average molecular weight is 341 g/mol. The van der Waals surface area contributed by atoms with Gasteiger partial charge in [0.05, 0.1) is 6.61 Å². The number of nitrogens with one attached hydrogen (secondary N) is 1. The number of anilines is 1. The molecule has 0 saturated carbocycles. The van der Waals surface area contributed by atoms with Crippen LogP contribution in [0.1, 0.15) is 25.8 Å². The number of benzene rings is 1. The molecule has 0 bridgehead atoms. The van der Waals surface area contributed by atoms with Gasteiger partial charge >= 0.3 is 0 Å². The topological polar surface area (TPSA) is 75.0 Å². The summed E-state index contributed by atoms with van der Waals surface area (Å²) in [5.74, 6) is 0.907. The van der Waals surface area contributed by atoms with E-state index >= 15 is 0 Å². The number of amides is 1. The van der Waals surface area contributed by atoms with E-state index in [0.717, 1.165) is 17.7 Å². The molecule has 0 atom stereocenters. The molecule has 124 valence electrons. The number of nitriles is 1. The van der Waals surface area contributed by atoms with Crippen molar-refractivity contribution in [2.75, 3.05) is 11.9 Å². The van der Waals surface area contributed by atoms with E-state index in [4.69, 9.17) is 4.74 Å². The van der Waals surface area contributed by atoms with Gasteiger partial charge in [0.25, 0.3) is 5.91 Å². The first-order chi connectivity index (χ1) is 11.6. The number of nitrogens with zero attached hydrogens (tertiary/aromatic N) is 2. The summed E-state index contributed by atoms with van der Waals surface area (Å²) < 4.78 is 5.65. The molecule has 0 radical (unpaired) electrons. The zero-order valence-corrected chi connectivity index (χ0v) is 14.5. The predicted molar refractivity (Wildman–Crippen MR) is 95.7 cm³/mol. The zero-order valence-electron chi connectivity index (χ0n) is 13.7. The van der Waals surface area contributed by atoms with Gasteiger partial charge in [0.1, 0.15) is 17.4 Å². The lowest BCUT2D eigenvalue weighted by Gasteiger charge is -2.08. The Morgan fingerprint density at radius 2 is 2.17 bits per heavy atom. The Morgan fingerprint density at radius 3 is 2.75 bits per heavy atom. The lowest BCUT2D eigenvalue weighted by atomic mass is 10.1. The highest BCUT2D eigenvalue weighted by molar-refractivity contribution is 7.13. The molecule has 6 heteroatoms. The van der Waals surface area contributed by atoms with Crippen LogP contribution in [0.15, 0.2) is 41.4 Å². The summed E-state index contributed by atoms with van der Waals surface area (Å²) in [5, 5.41) is 14.0. The summed E-state index contributed by atoms with van der Waals surface area (Å²) in [5.41, 5.74) is 0.788. The van der Waals surface area contributed by atoms with Crippen molar-refractivity contribution in [3.05, 3.63) is 47.0 Å². The van der Waals surface area contributed by atoms with E-state index in [-0.39, 0.29) is 5.57 Å². The van der Waals surface area contributed by atoms with E-state index in [9.17, 15) is 10.1 Å². The Morgan fingerprint density at radius 1 is 1.42 bits per heavy atom. The summed E-state index contributed by atoms with van der Waals surface area (Å²) in [4.78, 5) is 16.0. The molecule has 1 amide bonds. The molecule has 1 heterocycles. The highest BCUT2D eigenvalue weighted by Gasteiger charge is 2.10. The summed E-state index contributed by atoms with van der Waals surface area (Å²) in [6.07, 6.45) is 4.13. The third-order valence-electron chi connectivity index (χ3n) is 3.17. The van der Waals surface area contributed by atoms with E-state index in [1.165, 1.54) is 11.3 Å². The molecule has 1 aromatic carbocycles. The van der Waals surface area contributed by atoms with Gasteiger partial charge in [-0.05, 0) is 36.1 Å². The van der Waals surface area contributed by atoms with Crippen molar-refractivity contribution < 1.29 is 9.53 Å². The van der Waals surface area contributed by atoms with Gasteiger partial charge in [0.15, 0.2) is 5.13 Å². The smallest absolute Gasteiger partial charge is 0.268 e. The molecule has 0 aliphatic carbocycles. The minimum absolute atomic E-state index is 0.0266. The van der Waals surface area contributed by atoms with Gasteiger partial charge in [0.2, 0.25) is 0 Å². The van der Waals surface area contributed by atoms with Crippen LogP contribution in [-0.2, 0) is 4.79 Å². The Hall–Kier alpha value is -2.65. The monoisotopic (exact) mass is 341 g/mol. The summed E-state index contributed by atoms with van der Waals surface area (Å²) in [7, 11) is 0. The molecule has 0 saturated heterocycles. The maximum absolute atomic E-state index is 12.1. The minimum Gasteiger partial charge on any atom is -0.494 e. The third-order valence-corrected chi connectivity index (χ3v) is 3.86. The maximum Gasteiger partial charge on any atom is 0.268 e. The normalized spacial score (nSPS) is 11.2. The van der Waals surface area contributed by atoms with E-state index in [1.54, 1.807) is 17.7 Å². The lowest BCUT2D eigenvalue weighted by Crippen LogP contribution is -2.13. The van der Waals surface area contributed by atoms with Crippen molar-refractivity contribution in [3.63, 3.8) is 0 Å². The second kappa shape index (κ2) is 8.85. The predicted octanol–water partition coefficient (Wildman–Crippen LogP) is 4.11. The minimum atomic E-state index is -0.468. The fraction of sp³-hybridized carbons (Fsp3) is 0.278. The lowest BCUT2D eigenvalue weighted by molar-refractivity contribution is -0.112. The molecule has 2 aromatic rings. The molecule has 1 N–H and O–H groups in total. The van der Waals surface area contributed by atoms with Crippen LogP contribution in [0.4, 0.5) is 5.13 Å². The molecule has 0 unspecified atom stereocenters. The molecular weight excluding hydrogens is 322 g/mol. The van der Waals surface area contributed by atoms with Crippen LogP contribution in [0.25, 0.3) is 6.08 Å². The standard InChI is InChI=1S/C18H19N3O2S/c1-13(2)7-9-23-16-5-3-14(4-6-16)11-15(12-19)17(22)21-18-20-8-10-24-18/h3-6,8,10-11,13H,7,9H2,1-2H3,(H,20,21,22). The zero-order chi connectivity index (χ0) is 17.4. The van der Waals surface area contributed by atoms with E-state index in [1.807, 2.05) is 30.3 Å². The molecule has 24 heavy (non-hydrogen) atoms. The van der Waals surface area contributed by atoms with Gasteiger partial charge in [-0.3, -0.25) is 10.1 Å². The van der Waals surface area contributed by atoms with Crippen LogP contribution >= 0.6 is 11.3 Å². The number of aromatic nitrogens is 1. The molecule has 1 aromatic heterocycles. The molecule has 0 spiro atoms. The fourth-order valence-corrected chi connectivity index (χ4v) is 2.36. The Balaban J connectivity index is 2.00. The number of ether oxygens (including phenoxy) is 1. The first-order valence-corrected chi connectivity index (χ1v) is 8.52. The second-order valence-corrected chi connectivity index (χ2v) is 6.46. The Kier molecular flexibility index (Phi) is 6.52. The van der Waals surface area contributed by atoms with Gasteiger partial charge in [-0.15, -0.1) is 11.3 Å².